The Bertz CT molecular complexity index is 2080. The molecule has 18 heteroatoms. The van der Waals surface area contributed by atoms with Crippen molar-refractivity contribution >= 4 is 0 Å². The average Bonchev–Trinajstić information content (AvgIpc) is 3.29. The van der Waals surface area contributed by atoms with Gasteiger partial charge in [0.05, 0.1) is 111 Å². The van der Waals surface area contributed by atoms with Crippen molar-refractivity contribution in [2.45, 2.75) is 12.2 Å². The molecule has 0 aliphatic heterocycles. The van der Waals surface area contributed by atoms with E-state index in [1.807, 2.05) is 0 Å². The molecule has 0 aromatic heterocycles. The van der Waals surface area contributed by atoms with Gasteiger partial charge in [-0.1, -0.05) is 0 Å². The molecule has 0 heterocycles. The molecule has 0 amide bonds. The van der Waals surface area contributed by atoms with Gasteiger partial charge in [0.25, 0.3) is 0 Å². The van der Waals surface area contributed by atoms with Crippen LogP contribution < -0.4 is 75.8 Å². The molecular weight excluding hydrogens is 792 g/mol. The summed E-state index contributed by atoms with van der Waals surface area (Å²) in [4.78, 5) is 0. The number of benzene rings is 4. The van der Waals surface area contributed by atoms with Crippen LogP contribution in [0.4, 0.5) is 0 Å². The van der Waals surface area contributed by atoms with E-state index in [0.717, 1.165) is 0 Å². The number of ether oxygens (including phenoxy) is 16. The van der Waals surface area contributed by atoms with E-state index >= 15 is 0 Å². The zero-order chi connectivity index (χ0) is 44.3. The zero-order valence-corrected chi connectivity index (χ0v) is 36.3. The molecule has 0 radical (unpaired) electrons. The van der Waals surface area contributed by atoms with Gasteiger partial charge < -0.3 is 86.0 Å². The van der Waals surface area contributed by atoms with Gasteiger partial charge in [-0.25, -0.2) is 0 Å². The van der Waals surface area contributed by atoms with E-state index in [-0.39, 0.29) is 122 Å². The van der Waals surface area contributed by atoms with E-state index in [0.29, 0.717) is 5.75 Å². The standard InChI is InChI=1S/C42H54O18/c1-45-23-19-27(48-4)35(51-7)39(55-11)29(23)32(44)30-24(20-28(49-5)36(52-8)40(30)56-12)59-15-16-60-34-22(18-26(47-3)38(54-10)42(34)58-14)31(43)21-17-25(46-2)37(53-9)41(57-13)33(21)50-6/h17-20,31-32,43-44H,15-16H2,1-14H3. The van der Waals surface area contributed by atoms with Gasteiger partial charge in [0.1, 0.15) is 36.9 Å². The highest BCUT2D eigenvalue weighted by Gasteiger charge is 2.35. The third-order valence-corrected chi connectivity index (χ3v) is 9.43. The van der Waals surface area contributed by atoms with Crippen molar-refractivity contribution in [2.75, 3.05) is 113 Å². The maximum atomic E-state index is 12.3. The van der Waals surface area contributed by atoms with Crippen molar-refractivity contribution in [2.24, 2.45) is 0 Å². The Balaban J connectivity index is 1.86. The summed E-state index contributed by atoms with van der Waals surface area (Å²) in [5.41, 5.74) is 0.710. The number of methoxy groups -OCH3 is 14. The lowest BCUT2D eigenvalue weighted by Gasteiger charge is -2.26. The molecule has 0 bridgehead atoms. The molecule has 4 aromatic rings. The molecule has 4 aromatic carbocycles. The Kier molecular flexibility index (Phi) is 16.2. The second-order valence-electron chi connectivity index (χ2n) is 12.2. The van der Waals surface area contributed by atoms with Crippen molar-refractivity contribution in [3.8, 4) is 92.0 Å². The van der Waals surface area contributed by atoms with E-state index in [9.17, 15) is 10.2 Å². The highest BCUT2D eigenvalue weighted by atomic mass is 16.6. The van der Waals surface area contributed by atoms with Gasteiger partial charge in [-0.05, 0) is 12.1 Å². The number of aliphatic hydroxyl groups is 2. The fourth-order valence-electron chi connectivity index (χ4n) is 6.79. The van der Waals surface area contributed by atoms with Crippen molar-refractivity contribution in [3.05, 3.63) is 46.5 Å². The SMILES string of the molecule is COc1cc(C(O)c2cc(OC)c(OC)c(OC)c2OCCOc2cc(OC)c(OC)c(OC)c2C(O)c2c(OC)cc(OC)c(OC)c2OC)c(OC)c(OC)c1OC. The maximum Gasteiger partial charge on any atom is 0.207 e. The van der Waals surface area contributed by atoms with E-state index in [1.54, 1.807) is 18.2 Å². The van der Waals surface area contributed by atoms with Crippen LogP contribution in [-0.2, 0) is 0 Å². The smallest absolute Gasteiger partial charge is 0.207 e. The summed E-state index contributed by atoms with van der Waals surface area (Å²) in [6, 6.07) is 6.18. The zero-order valence-electron chi connectivity index (χ0n) is 36.3. The minimum atomic E-state index is -1.54. The van der Waals surface area contributed by atoms with Crippen LogP contribution in [0.2, 0.25) is 0 Å². The molecule has 330 valence electrons. The molecule has 60 heavy (non-hydrogen) atoms. The van der Waals surface area contributed by atoms with Crippen molar-refractivity contribution in [3.63, 3.8) is 0 Å². The van der Waals surface area contributed by atoms with Crippen LogP contribution in [0.15, 0.2) is 24.3 Å². The third-order valence-electron chi connectivity index (χ3n) is 9.43. The van der Waals surface area contributed by atoms with Crippen molar-refractivity contribution in [1.29, 1.82) is 0 Å². The number of aliphatic hydroxyl groups excluding tert-OH is 2. The van der Waals surface area contributed by atoms with Gasteiger partial charge in [-0.15, -0.1) is 0 Å². The van der Waals surface area contributed by atoms with Crippen LogP contribution >= 0.6 is 0 Å². The molecule has 0 aliphatic carbocycles. The molecule has 0 fully saturated rings. The van der Waals surface area contributed by atoms with E-state index in [1.165, 1.54) is 106 Å². The predicted molar refractivity (Wildman–Crippen MR) is 217 cm³/mol. The fourth-order valence-corrected chi connectivity index (χ4v) is 6.79. The number of hydrogen-bond acceptors (Lipinski definition) is 18. The topological polar surface area (TPSA) is 188 Å². The molecule has 4 rings (SSSR count). The van der Waals surface area contributed by atoms with Gasteiger partial charge in [-0.3, -0.25) is 0 Å². The summed E-state index contributed by atoms with van der Waals surface area (Å²) in [5.74, 6) is 2.92. The first-order chi connectivity index (χ1) is 29.0. The van der Waals surface area contributed by atoms with Crippen LogP contribution in [-0.4, -0.2) is 123 Å². The van der Waals surface area contributed by atoms with E-state index in [4.69, 9.17) is 75.8 Å². The van der Waals surface area contributed by atoms with Gasteiger partial charge in [0, 0.05) is 23.3 Å². The molecule has 0 saturated carbocycles. The lowest BCUT2D eigenvalue weighted by Crippen LogP contribution is -2.16. The lowest BCUT2D eigenvalue weighted by atomic mass is 9.96. The van der Waals surface area contributed by atoms with Crippen LogP contribution in [0, 0.1) is 0 Å². The quantitative estimate of drug-likeness (QED) is 0.0899. The largest absolute Gasteiger partial charge is 0.496 e. The number of hydrogen-bond donors (Lipinski definition) is 2. The van der Waals surface area contributed by atoms with Gasteiger partial charge in [0.15, 0.2) is 46.0 Å². The van der Waals surface area contributed by atoms with Gasteiger partial charge >= 0.3 is 0 Å². The highest BCUT2D eigenvalue weighted by molar-refractivity contribution is 5.70. The van der Waals surface area contributed by atoms with Crippen LogP contribution in [0.25, 0.3) is 0 Å². The predicted octanol–water partition coefficient (Wildman–Crippen LogP) is 5.43. The Morgan fingerprint density at radius 2 is 0.617 bits per heavy atom. The van der Waals surface area contributed by atoms with Gasteiger partial charge in [0.2, 0.25) is 34.5 Å². The second kappa shape index (κ2) is 21.0. The minimum absolute atomic E-state index is 0.0759. The molecule has 0 spiro atoms. The highest BCUT2D eigenvalue weighted by Crippen LogP contribution is 2.56. The second-order valence-corrected chi connectivity index (χ2v) is 12.2. The first-order valence-electron chi connectivity index (χ1n) is 18.0. The summed E-state index contributed by atoms with van der Waals surface area (Å²) < 4.78 is 92.0. The van der Waals surface area contributed by atoms with Crippen LogP contribution in [0.3, 0.4) is 0 Å². The third kappa shape index (κ3) is 8.51. The fraction of sp³-hybridized carbons (Fsp3) is 0.429. The molecule has 2 atom stereocenters. The summed E-state index contributed by atoms with van der Waals surface area (Å²) in [6.45, 7) is -0.313. The Labute approximate surface area is 349 Å². The minimum Gasteiger partial charge on any atom is -0.496 e. The maximum absolute atomic E-state index is 12.3. The first kappa shape index (κ1) is 46.3. The van der Waals surface area contributed by atoms with Crippen molar-refractivity contribution in [1.82, 2.24) is 0 Å². The molecule has 2 N–H and O–H groups in total. The normalized spacial score (nSPS) is 11.7. The Hall–Kier alpha value is -6.40. The van der Waals surface area contributed by atoms with Crippen molar-refractivity contribution < 1.29 is 86.0 Å². The number of rotatable bonds is 23. The van der Waals surface area contributed by atoms with Gasteiger partial charge in [-0.2, -0.15) is 0 Å². The summed E-state index contributed by atoms with van der Waals surface area (Å²) in [7, 11) is 20.1. The monoisotopic (exact) mass is 846 g/mol. The lowest BCUT2D eigenvalue weighted by molar-refractivity contribution is 0.173. The van der Waals surface area contributed by atoms with Crippen LogP contribution in [0.5, 0.6) is 92.0 Å². The molecular formula is C42H54O18. The molecule has 18 nitrogen and oxygen atoms in total. The summed E-state index contributed by atoms with van der Waals surface area (Å²) in [6.07, 6.45) is -3.00. The first-order valence-corrected chi connectivity index (χ1v) is 18.0. The summed E-state index contributed by atoms with van der Waals surface area (Å²) in [5, 5.41) is 24.4. The van der Waals surface area contributed by atoms with E-state index in [2.05, 4.69) is 0 Å². The molecule has 0 saturated heterocycles. The van der Waals surface area contributed by atoms with Crippen LogP contribution in [0.1, 0.15) is 34.5 Å². The molecule has 2 unspecified atom stereocenters. The Morgan fingerprint density at radius 3 is 1.02 bits per heavy atom. The summed E-state index contributed by atoms with van der Waals surface area (Å²) >= 11 is 0. The Morgan fingerprint density at radius 1 is 0.300 bits per heavy atom. The van der Waals surface area contributed by atoms with E-state index < -0.39 is 12.2 Å². The molecule has 0 aliphatic rings. The average molecular weight is 847 g/mol.